The Morgan fingerprint density at radius 2 is 1.04 bits per heavy atom. The topological polar surface area (TPSA) is 98.5 Å². The van der Waals surface area contributed by atoms with Crippen LogP contribution < -0.4 is 10.5 Å². The van der Waals surface area contributed by atoms with Crippen LogP contribution in [0.25, 0.3) is 0 Å². The van der Waals surface area contributed by atoms with Crippen molar-refractivity contribution in [2.24, 2.45) is 5.73 Å². The molecule has 0 aliphatic carbocycles. The summed E-state index contributed by atoms with van der Waals surface area (Å²) in [5.74, 6) is 0.713. The minimum atomic E-state index is 0.445. The van der Waals surface area contributed by atoms with E-state index in [4.69, 9.17) is 34.2 Å². The molecule has 0 aliphatic rings. The van der Waals surface area contributed by atoms with E-state index in [0.717, 1.165) is 6.29 Å². The molecule has 154 valence electrons. The Morgan fingerprint density at radius 3 is 1.44 bits per heavy atom. The van der Waals surface area contributed by atoms with Crippen molar-refractivity contribution in [2.75, 3.05) is 79.2 Å². The maximum atomic E-state index is 10.6. The van der Waals surface area contributed by atoms with E-state index in [1.165, 1.54) is 0 Å². The molecule has 1 aromatic carbocycles. The van der Waals surface area contributed by atoms with Gasteiger partial charge in [-0.25, -0.2) is 0 Å². The van der Waals surface area contributed by atoms with E-state index in [2.05, 4.69) is 0 Å². The summed E-state index contributed by atoms with van der Waals surface area (Å²) in [6, 6.07) is 6.94. The first-order valence-electron chi connectivity index (χ1n) is 9.13. The number of hydrogen-bond donors (Lipinski definition) is 1. The largest absolute Gasteiger partial charge is 0.491 e. The van der Waals surface area contributed by atoms with E-state index in [1.807, 2.05) is 0 Å². The fourth-order valence-corrected chi connectivity index (χ4v) is 1.93. The quantitative estimate of drug-likeness (QED) is 0.277. The van der Waals surface area contributed by atoms with Gasteiger partial charge in [-0.3, -0.25) is 4.79 Å². The third kappa shape index (κ3) is 14.2. The molecule has 0 bridgehead atoms. The van der Waals surface area contributed by atoms with Crippen LogP contribution in [0.2, 0.25) is 0 Å². The Bertz CT molecular complexity index is 456. The van der Waals surface area contributed by atoms with E-state index >= 15 is 0 Å². The molecule has 0 radical (unpaired) electrons. The first-order valence-corrected chi connectivity index (χ1v) is 9.13. The van der Waals surface area contributed by atoms with Gasteiger partial charge in [0.1, 0.15) is 18.6 Å². The van der Waals surface area contributed by atoms with Crippen LogP contribution in [0.5, 0.6) is 5.75 Å². The van der Waals surface area contributed by atoms with Gasteiger partial charge in [0.25, 0.3) is 0 Å². The van der Waals surface area contributed by atoms with Crippen molar-refractivity contribution in [3.8, 4) is 5.75 Å². The second kappa shape index (κ2) is 17.8. The average Bonchev–Trinajstić information content (AvgIpc) is 2.70. The lowest BCUT2D eigenvalue weighted by molar-refractivity contribution is -0.0122. The van der Waals surface area contributed by atoms with E-state index in [1.54, 1.807) is 24.3 Å². The van der Waals surface area contributed by atoms with Gasteiger partial charge in [0.15, 0.2) is 0 Å². The van der Waals surface area contributed by atoms with Crippen LogP contribution in [0.3, 0.4) is 0 Å². The molecule has 2 N–H and O–H groups in total. The number of aldehydes is 1. The number of rotatable bonds is 19. The van der Waals surface area contributed by atoms with Gasteiger partial charge >= 0.3 is 0 Å². The van der Waals surface area contributed by atoms with Crippen molar-refractivity contribution in [1.29, 1.82) is 0 Å². The minimum absolute atomic E-state index is 0.445. The van der Waals surface area contributed by atoms with Crippen molar-refractivity contribution in [1.82, 2.24) is 0 Å². The number of benzene rings is 1. The molecule has 1 rings (SSSR count). The Hall–Kier alpha value is -1.55. The fourth-order valence-electron chi connectivity index (χ4n) is 1.93. The molecule has 0 fully saturated rings. The zero-order valence-corrected chi connectivity index (χ0v) is 15.8. The molecular weight excluding hydrogens is 354 g/mol. The Labute approximate surface area is 160 Å². The Kier molecular flexibility index (Phi) is 15.5. The first kappa shape index (κ1) is 23.5. The third-order valence-corrected chi connectivity index (χ3v) is 3.26. The van der Waals surface area contributed by atoms with Gasteiger partial charge in [-0.05, 0) is 24.3 Å². The van der Waals surface area contributed by atoms with Crippen LogP contribution >= 0.6 is 0 Å². The summed E-state index contributed by atoms with van der Waals surface area (Å²) in [4.78, 5) is 10.6. The summed E-state index contributed by atoms with van der Waals surface area (Å²) in [7, 11) is 0. The fraction of sp³-hybridized carbons (Fsp3) is 0.632. The van der Waals surface area contributed by atoms with Gasteiger partial charge in [-0.2, -0.15) is 0 Å². The Balaban J connectivity index is 1.76. The Morgan fingerprint density at radius 1 is 0.630 bits per heavy atom. The van der Waals surface area contributed by atoms with E-state index in [-0.39, 0.29) is 0 Å². The van der Waals surface area contributed by atoms with Crippen molar-refractivity contribution >= 4 is 6.29 Å². The summed E-state index contributed by atoms with van der Waals surface area (Å²) >= 11 is 0. The van der Waals surface area contributed by atoms with Gasteiger partial charge in [0.2, 0.25) is 0 Å². The molecule has 0 saturated carbocycles. The maximum Gasteiger partial charge on any atom is 0.150 e. The zero-order chi connectivity index (χ0) is 19.4. The van der Waals surface area contributed by atoms with Crippen molar-refractivity contribution in [3.63, 3.8) is 0 Å². The van der Waals surface area contributed by atoms with Gasteiger partial charge in [0.05, 0.1) is 66.1 Å². The van der Waals surface area contributed by atoms with Crippen molar-refractivity contribution in [2.45, 2.75) is 0 Å². The minimum Gasteiger partial charge on any atom is -0.491 e. The van der Waals surface area contributed by atoms with E-state index in [9.17, 15) is 4.79 Å². The normalized spacial score (nSPS) is 10.9. The molecule has 8 heteroatoms. The molecule has 8 nitrogen and oxygen atoms in total. The highest BCUT2D eigenvalue weighted by molar-refractivity contribution is 5.74. The summed E-state index contributed by atoms with van der Waals surface area (Å²) < 4.78 is 32.2. The highest BCUT2D eigenvalue weighted by Gasteiger charge is 1.96. The van der Waals surface area contributed by atoms with Crippen molar-refractivity contribution in [3.05, 3.63) is 29.8 Å². The molecule has 0 heterocycles. The summed E-state index contributed by atoms with van der Waals surface area (Å²) in [5.41, 5.74) is 5.92. The smallest absolute Gasteiger partial charge is 0.150 e. The SMILES string of the molecule is NCCOCCOCCOCCOCCOCCOc1ccc(C=O)cc1. The van der Waals surface area contributed by atoms with Crippen LogP contribution in [0.1, 0.15) is 10.4 Å². The average molecular weight is 385 g/mol. The lowest BCUT2D eigenvalue weighted by Crippen LogP contribution is -2.15. The predicted molar refractivity (Wildman–Crippen MR) is 100 cm³/mol. The number of nitrogens with two attached hydrogens (primary N) is 1. The molecule has 0 atom stereocenters. The zero-order valence-electron chi connectivity index (χ0n) is 15.8. The molecule has 0 unspecified atom stereocenters. The number of hydrogen-bond acceptors (Lipinski definition) is 8. The second-order valence-electron chi connectivity index (χ2n) is 5.39. The number of carbonyl (C=O) groups excluding carboxylic acids is 1. The van der Waals surface area contributed by atoms with E-state index in [0.29, 0.717) is 90.5 Å². The van der Waals surface area contributed by atoms with Gasteiger partial charge < -0.3 is 34.2 Å². The van der Waals surface area contributed by atoms with E-state index < -0.39 is 0 Å². The molecule has 1 aromatic rings. The molecule has 0 spiro atoms. The van der Waals surface area contributed by atoms with Crippen LogP contribution in [-0.4, -0.2) is 85.5 Å². The van der Waals surface area contributed by atoms with Crippen LogP contribution in [0, 0.1) is 0 Å². The molecule has 27 heavy (non-hydrogen) atoms. The highest BCUT2D eigenvalue weighted by Crippen LogP contribution is 2.10. The van der Waals surface area contributed by atoms with Crippen LogP contribution in [0.15, 0.2) is 24.3 Å². The predicted octanol–water partition coefficient (Wildman–Crippen LogP) is 0.920. The lowest BCUT2D eigenvalue weighted by atomic mass is 10.2. The summed E-state index contributed by atoms with van der Waals surface area (Å²) in [5, 5.41) is 0. The monoisotopic (exact) mass is 385 g/mol. The molecular formula is C19H31NO7. The van der Waals surface area contributed by atoms with Crippen molar-refractivity contribution < 1.29 is 33.2 Å². The van der Waals surface area contributed by atoms with Crippen LogP contribution in [-0.2, 0) is 23.7 Å². The molecule has 0 aliphatic heterocycles. The van der Waals surface area contributed by atoms with Crippen LogP contribution in [0.4, 0.5) is 0 Å². The standard InChI is InChI=1S/C19H31NO7/c20-5-6-22-7-8-23-9-10-24-11-12-25-13-14-26-15-16-27-19-3-1-18(17-21)2-4-19/h1-4,17H,5-16,20H2. The van der Waals surface area contributed by atoms with Gasteiger partial charge in [-0.15, -0.1) is 0 Å². The van der Waals surface area contributed by atoms with Gasteiger partial charge in [0, 0.05) is 12.1 Å². The highest BCUT2D eigenvalue weighted by atomic mass is 16.6. The number of ether oxygens (including phenoxy) is 6. The molecule has 0 amide bonds. The summed E-state index contributed by atoms with van der Waals surface area (Å²) in [6.07, 6.45) is 0.799. The maximum absolute atomic E-state index is 10.6. The first-order chi connectivity index (χ1) is 13.4. The lowest BCUT2D eigenvalue weighted by Gasteiger charge is -2.08. The molecule has 0 aromatic heterocycles. The third-order valence-electron chi connectivity index (χ3n) is 3.26. The number of carbonyl (C=O) groups is 1. The van der Waals surface area contributed by atoms with Gasteiger partial charge in [-0.1, -0.05) is 0 Å². The summed E-state index contributed by atoms with van der Waals surface area (Å²) in [6.45, 7) is 6.21. The molecule has 0 saturated heterocycles. The second-order valence-corrected chi connectivity index (χ2v) is 5.39.